The van der Waals surface area contributed by atoms with E-state index in [9.17, 15) is 4.79 Å². The molecule has 2 aromatic heterocycles. The lowest BCUT2D eigenvalue weighted by Crippen LogP contribution is -2.34. The summed E-state index contributed by atoms with van der Waals surface area (Å²) in [4.78, 5) is 19.4. The van der Waals surface area contributed by atoms with Crippen LogP contribution in [0.15, 0.2) is 60.9 Å². The van der Waals surface area contributed by atoms with Crippen molar-refractivity contribution in [2.45, 2.75) is 6.04 Å². The van der Waals surface area contributed by atoms with Gasteiger partial charge in [0.2, 0.25) is 0 Å². The van der Waals surface area contributed by atoms with Gasteiger partial charge in [-0.1, -0.05) is 30.3 Å². The lowest BCUT2D eigenvalue weighted by Gasteiger charge is -2.28. The number of aromatic amines is 1. The van der Waals surface area contributed by atoms with Crippen molar-refractivity contribution in [2.24, 2.45) is 11.8 Å². The third-order valence-electron chi connectivity index (χ3n) is 5.75. The fraction of sp³-hybridized carbons (Fsp3) is 0.286. The molecule has 2 aliphatic rings. The molecule has 29 heavy (non-hydrogen) atoms. The number of H-pyrrole nitrogens is 1. The molecular weight excluding hydrogens is 409 g/mol. The summed E-state index contributed by atoms with van der Waals surface area (Å²) in [6, 6.07) is 16.1. The minimum Gasteiger partial charge on any atom is -0.330 e. The normalized spacial score (nSPS) is 22.5. The van der Waals surface area contributed by atoms with Crippen LogP contribution in [0.2, 0.25) is 0 Å². The van der Waals surface area contributed by atoms with Crippen molar-refractivity contribution < 1.29 is 4.79 Å². The van der Waals surface area contributed by atoms with Crippen LogP contribution in [0.3, 0.4) is 0 Å². The maximum Gasteiger partial charge on any atom is 0.272 e. The summed E-state index contributed by atoms with van der Waals surface area (Å²) in [7, 11) is 0. The van der Waals surface area contributed by atoms with Gasteiger partial charge in [0.05, 0.1) is 11.7 Å². The highest BCUT2D eigenvalue weighted by Gasteiger charge is 2.47. The summed E-state index contributed by atoms with van der Waals surface area (Å²) in [5.74, 6) is 0.978. The maximum atomic E-state index is 13.3. The topological polar surface area (TPSA) is 73.9 Å². The van der Waals surface area contributed by atoms with Crippen LogP contribution < -0.4 is 5.32 Å². The molecule has 8 heteroatoms. The van der Waals surface area contributed by atoms with E-state index in [0.29, 0.717) is 17.5 Å². The lowest BCUT2D eigenvalue weighted by molar-refractivity contribution is 0.0708. The smallest absolute Gasteiger partial charge is 0.272 e. The van der Waals surface area contributed by atoms with Gasteiger partial charge in [0, 0.05) is 43.5 Å². The van der Waals surface area contributed by atoms with Crippen LogP contribution in [0, 0.1) is 11.8 Å². The summed E-state index contributed by atoms with van der Waals surface area (Å²) >= 11 is 0. The lowest BCUT2D eigenvalue weighted by atomic mass is 9.89. The van der Waals surface area contributed by atoms with E-state index in [1.807, 2.05) is 41.3 Å². The molecule has 0 aliphatic carbocycles. The van der Waals surface area contributed by atoms with E-state index in [1.54, 1.807) is 12.4 Å². The van der Waals surface area contributed by atoms with Gasteiger partial charge in [-0.05, 0) is 29.7 Å². The number of pyridine rings is 1. The van der Waals surface area contributed by atoms with E-state index in [2.05, 4.69) is 32.6 Å². The van der Waals surface area contributed by atoms with E-state index in [4.69, 9.17) is 0 Å². The summed E-state index contributed by atoms with van der Waals surface area (Å²) in [6.07, 6.45) is 3.46. The number of carbonyl (C=O) groups excluding carboxylic acids is 1. The molecule has 2 fully saturated rings. The quantitative estimate of drug-likeness (QED) is 0.666. The van der Waals surface area contributed by atoms with Crippen molar-refractivity contribution in [3.05, 3.63) is 72.2 Å². The van der Waals surface area contributed by atoms with Crippen LogP contribution in [-0.2, 0) is 0 Å². The predicted molar refractivity (Wildman–Crippen MR) is 116 cm³/mol. The summed E-state index contributed by atoms with van der Waals surface area (Å²) in [5.41, 5.74) is 3.45. The summed E-state index contributed by atoms with van der Waals surface area (Å²) in [6.45, 7) is 2.71. The van der Waals surface area contributed by atoms with E-state index in [-0.39, 0.29) is 36.8 Å². The number of hydrogen-bond acceptors (Lipinski definition) is 4. The fourth-order valence-corrected chi connectivity index (χ4v) is 4.46. The number of hydrogen-bond donors (Lipinski definition) is 2. The second kappa shape index (κ2) is 8.95. The van der Waals surface area contributed by atoms with Crippen molar-refractivity contribution in [1.29, 1.82) is 0 Å². The molecule has 3 atom stereocenters. The number of benzene rings is 1. The average Bonchev–Trinajstić information content (AvgIpc) is 3.44. The van der Waals surface area contributed by atoms with E-state index < -0.39 is 0 Å². The summed E-state index contributed by atoms with van der Waals surface area (Å²) in [5, 5.41) is 10.8. The number of rotatable bonds is 3. The Kier molecular flexibility index (Phi) is 6.57. The Hall–Kier alpha value is -2.41. The Labute approximate surface area is 181 Å². The number of nitrogens with zero attached hydrogens (tertiary/aromatic N) is 3. The fourth-order valence-electron chi connectivity index (χ4n) is 4.46. The van der Waals surface area contributed by atoms with Crippen LogP contribution in [0.4, 0.5) is 0 Å². The SMILES string of the molecule is Cl.Cl.O=C(c1cc(-c2ccncc2)n[nH]1)N1C[C@@H]2CNC[C@@H]2[C@H]1c1ccccc1. The number of amides is 1. The molecule has 0 radical (unpaired) electrons. The number of nitrogens with one attached hydrogen (secondary N) is 2. The van der Waals surface area contributed by atoms with E-state index in [0.717, 1.165) is 30.9 Å². The number of halogens is 2. The van der Waals surface area contributed by atoms with Gasteiger partial charge < -0.3 is 10.2 Å². The molecule has 0 saturated carbocycles. The van der Waals surface area contributed by atoms with Gasteiger partial charge >= 0.3 is 0 Å². The zero-order valence-electron chi connectivity index (χ0n) is 15.7. The first-order chi connectivity index (χ1) is 13.3. The number of carbonyl (C=O) groups is 1. The van der Waals surface area contributed by atoms with Crippen molar-refractivity contribution in [3.8, 4) is 11.3 Å². The average molecular weight is 432 g/mol. The van der Waals surface area contributed by atoms with Gasteiger partial charge in [-0.2, -0.15) is 5.10 Å². The first-order valence-electron chi connectivity index (χ1n) is 9.34. The van der Waals surface area contributed by atoms with Crippen molar-refractivity contribution in [3.63, 3.8) is 0 Å². The zero-order chi connectivity index (χ0) is 18.2. The largest absolute Gasteiger partial charge is 0.330 e. The van der Waals surface area contributed by atoms with Crippen LogP contribution in [0.5, 0.6) is 0 Å². The predicted octanol–water partition coefficient (Wildman–Crippen LogP) is 3.35. The molecule has 0 bridgehead atoms. The third kappa shape index (κ3) is 3.88. The Morgan fingerprint density at radius 2 is 1.79 bits per heavy atom. The Morgan fingerprint density at radius 3 is 2.55 bits per heavy atom. The molecule has 1 aromatic carbocycles. The molecule has 2 aliphatic heterocycles. The first kappa shape index (κ1) is 21.3. The van der Waals surface area contributed by atoms with E-state index >= 15 is 0 Å². The molecule has 1 amide bonds. The minimum atomic E-state index is 0. The highest BCUT2D eigenvalue weighted by molar-refractivity contribution is 5.94. The first-order valence-corrected chi connectivity index (χ1v) is 9.34. The van der Waals surface area contributed by atoms with Gasteiger partial charge in [-0.25, -0.2) is 0 Å². The molecule has 6 nitrogen and oxygen atoms in total. The zero-order valence-corrected chi connectivity index (χ0v) is 17.3. The molecule has 0 unspecified atom stereocenters. The summed E-state index contributed by atoms with van der Waals surface area (Å²) < 4.78 is 0. The standard InChI is InChI=1S/C21H21N5O.2ClH/c27-21(19-10-18(24-25-19)14-6-8-22-9-7-14)26-13-16-11-23-12-17(16)20(26)15-4-2-1-3-5-15;;/h1-10,16-17,20,23H,11-13H2,(H,24,25);2*1H/t16-,17-,20+;;/m0../s1. The highest BCUT2D eigenvalue weighted by Crippen LogP contribution is 2.43. The van der Waals surface area contributed by atoms with Crippen molar-refractivity contribution in [1.82, 2.24) is 25.4 Å². The van der Waals surface area contributed by atoms with E-state index in [1.165, 1.54) is 5.56 Å². The molecule has 4 heterocycles. The second-order valence-corrected chi connectivity index (χ2v) is 7.30. The Bertz CT molecular complexity index is 950. The van der Waals surface area contributed by atoms with Gasteiger partial charge in [-0.15, -0.1) is 24.8 Å². The Balaban J connectivity index is 0.00000120. The number of fused-ring (bicyclic) bond motifs is 1. The molecule has 3 aromatic rings. The second-order valence-electron chi connectivity index (χ2n) is 7.30. The highest BCUT2D eigenvalue weighted by atomic mass is 35.5. The monoisotopic (exact) mass is 431 g/mol. The van der Waals surface area contributed by atoms with Crippen LogP contribution in [-0.4, -0.2) is 45.6 Å². The Morgan fingerprint density at radius 1 is 1.03 bits per heavy atom. The minimum absolute atomic E-state index is 0. The van der Waals surface area contributed by atoms with Crippen LogP contribution in [0.25, 0.3) is 11.3 Å². The molecule has 0 spiro atoms. The van der Waals surface area contributed by atoms with Crippen LogP contribution in [0.1, 0.15) is 22.1 Å². The van der Waals surface area contributed by atoms with Crippen molar-refractivity contribution >= 4 is 30.7 Å². The number of likely N-dealkylation sites (tertiary alicyclic amines) is 1. The van der Waals surface area contributed by atoms with Crippen LogP contribution >= 0.6 is 24.8 Å². The van der Waals surface area contributed by atoms with Gasteiger partial charge in [0.15, 0.2) is 0 Å². The molecular formula is C21H23Cl2N5O. The maximum absolute atomic E-state index is 13.3. The number of aromatic nitrogens is 3. The van der Waals surface area contributed by atoms with Gasteiger partial charge in [0.1, 0.15) is 5.69 Å². The van der Waals surface area contributed by atoms with Crippen molar-refractivity contribution in [2.75, 3.05) is 19.6 Å². The molecule has 2 saturated heterocycles. The van der Waals surface area contributed by atoms with Gasteiger partial charge in [-0.3, -0.25) is 14.9 Å². The third-order valence-corrected chi connectivity index (χ3v) is 5.75. The molecule has 152 valence electrons. The molecule has 2 N–H and O–H groups in total. The molecule has 5 rings (SSSR count). The van der Waals surface area contributed by atoms with Gasteiger partial charge in [0.25, 0.3) is 5.91 Å².